The molecule has 0 atom stereocenters. The molecule has 0 radical (unpaired) electrons. The number of fused-ring (bicyclic) bond motifs is 2. The minimum Gasteiger partial charge on any atom is -0.342 e. The minimum absolute atomic E-state index is 0.00102. The Bertz CT molecular complexity index is 1170. The molecule has 0 unspecified atom stereocenters. The van der Waals surface area contributed by atoms with Gasteiger partial charge in [0.05, 0.1) is 23.3 Å². The number of nitrogens with one attached hydrogen (secondary N) is 1. The topological polar surface area (TPSA) is 87.1 Å². The number of piperazine rings is 1. The molecule has 3 heterocycles. The molecule has 0 saturated carbocycles. The van der Waals surface area contributed by atoms with Crippen molar-refractivity contribution in [1.82, 2.24) is 29.5 Å². The van der Waals surface area contributed by atoms with Crippen molar-refractivity contribution in [1.29, 1.82) is 0 Å². The summed E-state index contributed by atoms with van der Waals surface area (Å²) in [6.07, 6.45) is 4.25. The number of carbonyl (C=O) groups excluding carboxylic acids is 1. The summed E-state index contributed by atoms with van der Waals surface area (Å²) in [5.74, 6) is 0.905. The summed E-state index contributed by atoms with van der Waals surface area (Å²) in [5, 5.41) is 4.61. The second-order valence-electron chi connectivity index (χ2n) is 8.57. The van der Waals surface area contributed by atoms with Crippen molar-refractivity contribution < 1.29 is 4.79 Å². The maximum Gasteiger partial charge on any atom is 0.267 e. The molecule has 2 aliphatic rings. The third-order valence-corrected chi connectivity index (χ3v) is 6.41. The van der Waals surface area contributed by atoms with Crippen LogP contribution >= 0.6 is 0 Å². The van der Waals surface area contributed by atoms with E-state index in [1.807, 2.05) is 30.0 Å². The highest BCUT2D eigenvalue weighted by atomic mass is 16.2. The SMILES string of the molecule is Cc1nc2ccc(C(=O)N3CCN(CCn4nc5c(cc4=O)CCCC5)CC3)cc2[nH]1. The second-order valence-corrected chi connectivity index (χ2v) is 8.57. The number of hydrogen-bond donors (Lipinski definition) is 1. The van der Waals surface area contributed by atoms with Gasteiger partial charge in [-0.1, -0.05) is 0 Å². The summed E-state index contributed by atoms with van der Waals surface area (Å²) < 4.78 is 1.61. The smallest absolute Gasteiger partial charge is 0.267 e. The van der Waals surface area contributed by atoms with E-state index in [1.54, 1.807) is 10.7 Å². The van der Waals surface area contributed by atoms with E-state index in [1.165, 1.54) is 0 Å². The molecule has 1 aliphatic carbocycles. The molecule has 1 amide bonds. The maximum atomic E-state index is 12.9. The van der Waals surface area contributed by atoms with Crippen molar-refractivity contribution in [3.8, 4) is 0 Å². The quantitative estimate of drug-likeness (QED) is 0.695. The van der Waals surface area contributed by atoms with Gasteiger partial charge in [-0.3, -0.25) is 14.5 Å². The number of benzene rings is 1. The third-order valence-electron chi connectivity index (χ3n) is 6.41. The molecule has 31 heavy (non-hydrogen) atoms. The average molecular weight is 421 g/mol. The minimum atomic E-state index is -0.00102. The lowest BCUT2D eigenvalue weighted by Crippen LogP contribution is -2.49. The Labute approximate surface area is 180 Å². The lowest BCUT2D eigenvalue weighted by atomic mass is 9.97. The Kier molecular flexibility index (Phi) is 5.31. The van der Waals surface area contributed by atoms with E-state index in [2.05, 4.69) is 20.0 Å². The van der Waals surface area contributed by atoms with Crippen LogP contribution in [0.25, 0.3) is 11.0 Å². The molecular weight excluding hydrogens is 392 g/mol. The normalized spacial score (nSPS) is 17.1. The fourth-order valence-corrected chi connectivity index (χ4v) is 4.62. The standard InChI is InChI=1S/C23H28N6O2/c1-16-24-20-7-6-18(14-21(20)25-16)23(31)28-11-8-27(9-12-28)10-13-29-22(30)15-17-4-2-3-5-19(17)26-29/h6-7,14-15H,2-5,8-13H2,1H3,(H,24,25). The molecule has 1 N–H and O–H groups in total. The maximum absolute atomic E-state index is 12.9. The number of hydrogen-bond acceptors (Lipinski definition) is 5. The average Bonchev–Trinajstić information content (AvgIpc) is 3.16. The number of rotatable bonds is 4. The van der Waals surface area contributed by atoms with Gasteiger partial charge in [0.1, 0.15) is 5.82 Å². The fraction of sp³-hybridized carbons (Fsp3) is 0.478. The predicted molar refractivity (Wildman–Crippen MR) is 118 cm³/mol. The first-order valence-corrected chi connectivity index (χ1v) is 11.1. The number of H-pyrrole nitrogens is 1. The third kappa shape index (κ3) is 4.12. The molecule has 2 aromatic heterocycles. The molecule has 1 saturated heterocycles. The van der Waals surface area contributed by atoms with Crippen LogP contribution in [-0.2, 0) is 19.4 Å². The van der Waals surface area contributed by atoms with Gasteiger partial charge in [0, 0.05) is 44.4 Å². The molecule has 0 spiro atoms. The van der Waals surface area contributed by atoms with Gasteiger partial charge < -0.3 is 9.88 Å². The number of carbonyl (C=O) groups is 1. The van der Waals surface area contributed by atoms with E-state index in [9.17, 15) is 9.59 Å². The van der Waals surface area contributed by atoms with E-state index in [0.29, 0.717) is 25.2 Å². The molecule has 0 bridgehead atoms. The van der Waals surface area contributed by atoms with Crippen molar-refractivity contribution in [2.75, 3.05) is 32.7 Å². The summed E-state index contributed by atoms with van der Waals surface area (Å²) >= 11 is 0. The van der Waals surface area contributed by atoms with Crippen LogP contribution in [0.4, 0.5) is 0 Å². The van der Waals surface area contributed by atoms with Crippen molar-refractivity contribution in [3.05, 3.63) is 57.3 Å². The lowest BCUT2D eigenvalue weighted by molar-refractivity contribution is 0.0631. The Morgan fingerprint density at radius 1 is 1.06 bits per heavy atom. The molecular formula is C23H28N6O2. The molecule has 162 valence electrons. The Balaban J connectivity index is 1.17. The van der Waals surface area contributed by atoms with E-state index in [4.69, 9.17) is 0 Å². The number of aromatic amines is 1. The molecule has 8 heteroatoms. The van der Waals surface area contributed by atoms with Crippen molar-refractivity contribution in [2.24, 2.45) is 0 Å². The van der Waals surface area contributed by atoms with Crippen LogP contribution in [0, 0.1) is 6.92 Å². The highest BCUT2D eigenvalue weighted by Gasteiger charge is 2.23. The number of aryl methyl sites for hydroxylation is 3. The van der Waals surface area contributed by atoms with Crippen molar-refractivity contribution >= 4 is 16.9 Å². The van der Waals surface area contributed by atoms with E-state index in [0.717, 1.165) is 73.4 Å². The Morgan fingerprint density at radius 2 is 1.87 bits per heavy atom. The van der Waals surface area contributed by atoms with Crippen molar-refractivity contribution in [3.63, 3.8) is 0 Å². The molecule has 3 aromatic rings. The molecule has 1 fully saturated rings. The summed E-state index contributed by atoms with van der Waals surface area (Å²) in [5.41, 5.74) is 4.68. The Hall–Kier alpha value is -3.00. The van der Waals surface area contributed by atoms with Gasteiger partial charge in [-0.15, -0.1) is 0 Å². The highest BCUT2D eigenvalue weighted by Crippen LogP contribution is 2.18. The van der Waals surface area contributed by atoms with Gasteiger partial charge >= 0.3 is 0 Å². The van der Waals surface area contributed by atoms with Gasteiger partial charge in [0.25, 0.3) is 11.5 Å². The van der Waals surface area contributed by atoms with Gasteiger partial charge in [0.15, 0.2) is 0 Å². The van der Waals surface area contributed by atoms with Crippen LogP contribution in [0.5, 0.6) is 0 Å². The van der Waals surface area contributed by atoms with Crippen LogP contribution < -0.4 is 5.56 Å². The zero-order valence-electron chi connectivity index (χ0n) is 17.9. The zero-order chi connectivity index (χ0) is 21.4. The molecule has 1 aromatic carbocycles. The number of nitrogens with zero attached hydrogens (tertiary/aromatic N) is 5. The monoisotopic (exact) mass is 420 g/mol. The Morgan fingerprint density at radius 3 is 2.71 bits per heavy atom. The van der Waals surface area contributed by atoms with Gasteiger partial charge in [0.2, 0.25) is 0 Å². The number of amides is 1. The molecule has 1 aliphatic heterocycles. The highest BCUT2D eigenvalue weighted by molar-refractivity contribution is 5.97. The van der Waals surface area contributed by atoms with Crippen LogP contribution in [0.1, 0.15) is 40.3 Å². The lowest BCUT2D eigenvalue weighted by Gasteiger charge is -2.34. The molecule has 8 nitrogen and oxygen atoms in total. The first-order chi connectivity index (χ1) is 15.1. The van der Waals surface area contributed by atoms with E-state index < -0.39 is 0 Å². The summed E-state index contributed by atoms with van der Waals surface area (Å²) in [6, 6.07) is 7.41. The van der Waals surface area contributed by atoms with Gasteiger partial charge in [-0.25, -0.2) is 9.67 Å². The summed E-state index contributed by atoms with van der Waals surface area (Å²) in [6.45, 7) is 6.25. The second kappa shape index (κ2) is 8.26. The van der Waals surface area contributed by atoms with Crippen LogP contribution in [0.3, 0.4) is 0 Å². The van der Waals surface area contributed by atoms with Crippen LogP contribution in [0.15, 0.2) is 29.1 Å². The van der Waals surface area contributed by atoms with Crippen molar-refractivity contribution in [2.45, 2.75) is 39.2 Å². The zero-order valence-corrected chi connectivity index (χ0v) is 17.9. The first-order valence-electron chi connectivity index (χ1n) is 11.1. The van der Waals surface area contributed by atoms with Gasteiger partial charge in [-0.2, -0.15) is 5.10 Å². The van der Waals surface area contributed by atoms with E-state index in [-0.39, 0.29) is 11.5 Å². The predicted octanol–water partition coefficient (Wildman–Crippen LogP) is 1.76. The summed E-state index contributed by atoms with van der Waals surface area (Å²) in [4.78, 5) is 37.1. The van der Waals surface area contributed by atoms with Crippen LogP contribution in [-0.4, -0.2) is 68.2 Å². The molecule has 5 rings (SSSR count). The number of imidazole rings is 1. The first kappa shape index (κ1) is 19.9. The van der Waals surface area contributed by atoms with Crippen LogP contribution in [0.2, 0.25) is 0 Å². The fourth-order valence-electron chi connectivity index (χ4n) is 4.62. The summed E-state index contributed by atoms with van der Waals surface area (Å²) in [7, 11) is 0. The van der Waals surface area contributed by atoms with E-state index >= 15 is 0 Å². The van der Waals surface area contributed by atoms with Gasteiger partial charge in [-0.05, 0) is 56.4 Å². The number of aromatic nitrogens is 4. The largest absolute Gasteiger partial charge is 0.342 e.